The van der Waals surface area contributed by atoms with E-state index in [1.54, 1.807) is 7.05 Å². The fourth-order valence-corrected chi connectivity index (χ4v) is 2.94. The van der Waals surface area contributed by atoms with Crippen LogP contribution in [0.3, 0.4) is 0 Å². The smallest absolute Gasteiger partial charge is 0.306 e. The van der Waals surface area contributed by atoms with Crippen LogP contribution in [0.5, 0.6) is 0 Å². The number of halogens is 2. The van der Waals surface area contributed by atoms with E-state index < -0.39 is 5.97 Å². The molecule has 0 radical (unpaired) electrons. The third kappa shape index (κ3) is 3.10. The lowest BCUT2D eigenvalue weighted by Crippen LogP contribution is -2.40. The van der Waals surface area contributed by atoms with Gasteiger partial charge in [0.2, 0.25) is 0 Å². The molecule has 5 nitrogen and oxygen atoms in total. The Morgan fingerprint density at radius 1 is 1.40 bits per heavy atom. The summed E-state index contributed by atoms with van der Waals surface area (Å²) in [6, 6.07) is 1.39. The predicted octanol–water partition coefficient (Wildman–Crippen LogP) is 2.71. The molecule has 2 N–H and O–H groups in total. The van der Waals surface area contributed by atoms with Crippen molar-refractivity contribution in [3.8, 4) is 0 Å². The van der Waals surface area contributed by atoms with Crippen LogP contribution in [0.2, 0.25) is 10.2 Å². The van der Waals surface area contributed by atoms with Crippen molar-refractivity contribution in [2.24, 2.45) is 13.0 Å². The van der Waals surface area contributed by atoms with E-state index in [1.165, 1.54) is 10.6 Å². The van der Waals surface area contributed by atoms with Crippen molar-refractivity contribution in [2.45, 2.75) is 31.7 Å². The van der Waals surface area contributed by atoms with Gasteiger partial charge in [0.15, 0.2) is 0 Å². The number of hydrogen-bond donors (Lipinski definition) is 2. The van der Waals surface area contributed by atoms with Crippen LogP contribution in [0.1, 0.15) is 36.2 Å². The largest absolute Gasteiger partial charge is 0.481 e. The summed E-state index contributed by atoms with van der Waals surface area (Å²) in [6.07, 6.45) is 2.73. The van der Waals surface area contributed by atoms with E-state index >= 15 is 0 Å². The van der Waals surface area contributed by atoms with Gasteiger partial charge in [0.25, 0.3) is 5.91 Å². The van der Waals surface area contributed by atoms with Gasteiger partial charge < -0.3 is 15.0 Å². The molecule has 7 heteroatoms. The van der Waals surface area contributed by atoms with Crippen LogP contribution in [0.15, 0.2) is 6.07 Å². The fraction of sp³-hybridized carbons (Fsp3) is 0.538. The van der Waals surface area contributed by atoms with Gasteiger partial charge >= 0.3 is 5.97 Å². The molecule has 1 saturated carbocycles. The molecular weight excluding hydrogens is 303 g/mol. The second-order valence-corrected chi connectivity index (χ2v) is 5.86. The average molecular weight is 319 g/mol. The Hall–Kier alpha value is -1.20. The van der Waals surface area contributed by atoms with E-state index in [9.17, 15) is 9.59 Å². The Morgan fingerprint density at radius 2 is 2.10 bits per heavy atom. The highest BCUT2D eigenvalue weighted by molar-refractivity contribution is 6.41. The molecule has 0 spiro atoms. The molecule has 1 fully saturated rings. The minimum atomic E-state index is -0.797. The highest BCUT2D eigenvalue weighted by Crippen LogP contribution is 2.27. The first kappa shape index (κ1) is 15.2. The van der Waals surface area contributed by atoms with E-state index in [0.29, 0.717) is 28.7 Å². The Bertz CT molecular complexity index is 542. The van der Waals surface area contributed by atoms with Crippen LogP contribution in [0, 0.1) is 5.92 Å². The van der Waals surface area contributed by atoms with Gasteiger partial charge in [0.05, 0.1) is 10.9 Å². The second-order valence-electron chi connectivity index (χ2n) is 5.10. The third-order valence-corrected chi connectivity index (χ3v) is 4.55. The molecule has 2 unspecified atom stereocenters. The first-order valence-electron chi connectivity index (χ1n) is 6.44. The number of carbonyl (C=O) groups excluding carboxylic acids is 1. The highest BCUT2D eigenvalue weighted by atomic mass is 35.5. The van der Waals surface area contributed by atoms with Gasteiger partial charge in [0, 0.05) is 13.1 Å². The molecule has 1 heterocycles. The first-order valence-corrected chi connectivity index (χ1v) is 7.20. The number of rotatable bonds is 3. The first-order chi connectivity index (χ1) is 9.40. The number of nitrogens with one attached hydrogen (secondary N) is 1. The number of carboxylic acid groups (broad SMARTS) is 1. The lowest BCUT2D eigenvalue weighted by Gasteiger charge is -2.27. The molecule has 1 aromatic heterocycles. The monoisotopic (exact) mass is 318 g/mol. The van der Waals surface area contributed by atoms with Gasteiger partial charge in [-0.25, -0.2) is 0 Å². The van der Waals surface area contributed by atoms with Crippen molar-refractivity contribution < 1.29 is 14.7 Å². The van der Waals surface area contributed by atoms with E-state index in [0.717, 1.165) is 12.8 Å². The van der Waals surface area contributed by atoms with Gasteiger partial charge in [-0.1, -0.05) is 29.6 Å². The Morgan fingerprint density at radius 3 is 2.65 bits per heavy atom. The Balaban J connectivity index is 2.04. The summed E-state index contributed by atoms with van der Waals surface area (Å²) in [6.45, 7) is 0. The van der Waals surface area contributed by atoms with Crippen molar-refractivity contribution in [1.82, 2.24) is 9.88 Å². The lowest BCUT2D eigenvalue weighted by atomic mass is 9.86. The van der Waals surface area contributed by atoms with Crippen molar-refractivity contribution >= 4 is 35.1 Å². The lowest BCUT2D eigenvalue weighted by molar-refractivity contribution is -0.143. The topological polar surface area (TPSA) is 71.3 Å². The third-order valence-electron chi connectivity index (χ3n) is 3.71. The number of hydrogen-bond acceptors (Lipinski definition) is 2. The standard InChI is InChI=1S/C13H16Cl2N2O3/c1-17-10(6-9(14)11(17)15)12(18)16-8-4-2-3-7(5-8)13(19)20/h6-8H,2-5H2,1H3,(H,16,18)(H,19,20). The zero-order valence-corrected chi connectivity index (χ0v) is 12.5. The molecule has 2 rings (SSSR count). The molecule has 0 aromatic carbocycles. The molecule has 1 aliphatic rings. The normalized spacial score (nSPS) is 22.6. The average Bonchev–Trinajstić information content (AvgIpc) is 2.67. The summed E-state index contributed by atoms with van der Waals surface area (Å²) in [5, 5.41) is 12.5. The molecule has 2 atom stereocenters. The van der Waals surface area contributed by atoms with Crippen molar-refractivity contribution in [3.05, 3.63) is 21.9 Å². The van der Waals surface area contributed by atoms with E-state index in [2.05, 4.69) is 5.32 Å². The molecule has 110 valence electrons. The molecule has 0 bridgehead atoms. The van der Waals surface area contributed by atoms with Gasteiger partial charge in [-0.15, -0.1) is 0 Å². The number of carboxylic acids is 1. The number of aromatic nitrogens is 1. The summed E-state index contributed by atoms with van der Waals surface area (Å²) in [5.74, 6) is -1.46. The molecule has 1 aliphatic carbocycles. The molecular formula is C13H16Cl2N2O3. The van der Waals surface area contributed by atoms with Crippen LogP contribution < -0.4 is 5.32 Å². The second kappa shape index (κ2) is 6.06. The minimum absolute atomic E-state index is 0.121. The molecule has 20 heavy (non-hydrogen) atoms. The Kier molecular flexibility index (Phi) is 4.60. The zero-order chi connectivity index (χ0) is 14.9. The van der Waals surface area contributed by atoms with Gasteiger partial charge in [-0.2, -0.15) is 0 Å². The number of nitrogens with zero attached hydrogens (tertiary/aromatic N) is 1. The van der Waals surface area contributed by atoms with Crippen LogP contribution >= 0.6 is 23.2 Å². The molecule has 0 saturated heterocycles. The Labute approximate surface area is 126 Å². The maximum absolute atomic E-state index is 12.2. The van der Waals surface area contributed by atoms with E-state index in [-0.39, 0.29) is 17.9 Å². The van der Waals surface area contributed by atoms with Gasteiger partial charge in [0.1, 0.15) is 10.8 Å². The number of aliphatic carboxylic acids is 1. The van der Waals surface area contributed by atoms with Crippen LogP contribution in [-0.4, -0.2) is 27.6 Å². The van der Waals surface area contributed by atoms with Crippen molar-refractivity contribution in [2.75, 3.05) is 0 Å². The summed E-state index contributed by atoms with van der Waals surface area (Å²) in [7, 11) is 1.66. The molecule has 1 aromatic rings. The summed E-state index contributed by atoms with van der Waals surface area (Å²) in [4.78, 5) is 23.2. The zero-order valence-electron chi connectivity index (χ0n) is 11.0. The predicted molar refractivity (Wildman–Crippen MR) is 76.3 cm³/mol. The maximum Gasteiger partial charge on any atom is 0.306 e. The van der Waals surface area contributed by atoms with E-state index in [1.807, 2.05) is 0 Å². The number of amides is 1. The fourth-order valence-electron chi connectivity index (χ4n) is 2.56. The summed E-state index contributed by atoms with van der Waals surface area (Å²) in [5.41, 5.74) is 0.373. The number of carbonyl (C=O) groups is 2. The molecule has 1 amide bonds. The maximum atomic E-state index is 12.2. The highest BCUT2D eigenvalue weighted by Gasteiger charge is 2.28. The van der Waals surface area contributed by atoms with Crippen LogP contribution in [-0.2, 0) is 11.8 Å². The quantitative estimate of drug-likeness (QED) is 0.900. The van der Waals surface area contributed by atoms with Crippen LogP contribution in [0.25, 0.3) is 0 Å². The molecule has 0 aliphatic heterocycles. The van der Waals surface area contributed by atoms with Crippen LogP contribution in [0.4, 0.5) is 0 Å². The summed E-state index contributed by atoms with van der Waals surface area (Å²) >= 11 is 11.8. The van der Waals surface area contributed by atoms with Gasteiger partial charge in [-0.05, 0) is 25.3 Å². The van der Waals surface area contributed by atoms with Crippen molar-refractivity contribution in [1.29, 1.82) is 0 Å². The SMILES string of the molecule is Cn1c(C(=O)NC2CCCC(C(=O)O)C2)cc(Cl)c1Cl. The van der Waals surface area contributed by atoms with Crippen molar-refractivity contribution in [3.63, 3.8) is 0 Å². The van der Waals surface area contributed by atoms with Gasteiger partial charge in [-0.3, -0.25) is 9.59 Å². The van der Waals surface area contributed by atoms with E-state index in [4.69, 9.17) is 28.3 Å². The minimum Gasteiger partial charge on any atom is -0.481 e. The summed E-state index contributed by atoms with van der Waals surface area (Å²) < 4.78 is 1.51.